The lowest BCUT2D eigenvalue weighted by Gasteiger charge is -2.12. The van der Waals surface area contributed by atoms with Crippen molar-refractivity contribution in [1.82, 2.24) is 9.55 Å². The number of nitrogens with zero attached hydrogens (tertiary/aromatic N) is 2. The smallest absolute Gasteiger partial charge is 0.181 e. The Labute approximate surface area is 98.1 Å². The second kappa shape index (κ2) is 3.81. The largest absolute Gasteiger partial charge is 0.294 e. The zero-order chi connectivity index (χ0) is 11.0. The van der Waals surface area contributed by atoms with Gasteiger partial charge in [0.05, 0.1) is 5.69 Å². The summed E-state index contributed by atoms with van der Waals surface area (Å²) in [6, 6.07) is 4.38. The highest BCUT2D eigenvalue weighted by Gasteiger charge is 2.08. The predicted molar refractivity (Wildman–Crippen MR) is 65.5 cm³/mol. The Bertz CT molecular complexity index is 477. The Balaban J connectivity index is 2.68. The second-order valence-corrected chi connectivity index (χ2v) is 4.52. The fourth-order valence-corrected chi connectivity index (χ4v) is 2.42. The summed E-state index contributed by atoms with van der Waals surface area (Å²) in [6.45, 7) is 6.37. The average molecular weight is 265 g/mol. The molecule has 15 heavy (non-hydrogen) atoms. The summed E-state index contributed by atoms with van der Waals surface area (Å²) in [4.78, 5) is 4.18. The number of hydrogen-bond donors (Lipinski definition) is 0. The molecule has 0 aliphatic carbocycles. The zero-order valence-corrected chi connectivity index (χ0v) is 10.7. The van der Waals surface area contributed by atoms with Crippen molar-refractivity contribution in [3.05, 3.63) is 46.0 Å². The van der Waals surface area contributed by atoms with Gasteiger partial charge in [-0.15, -0.1) is 0 Å². The molecule has 2 aromatic rings. The monoisotopic (exact) mass is 264 g/mol. The molecular formula is C12H13BrN2. The maximum Gasteiger partial charge on any atom is 0.181 e. The molecular weight excluding hydrogens is 252 g/mol. The molecule has 2 nitrogen and oxygen atoms in total. The van der Waals surface area contributed by atoms with Crippen LogP contribution in [0.3, 0.4) is 0 Å². The molecule has 0 saturated carbocycles. The van der Waals surface area contributed by atoms with Gasteiger partial charge in [-0.2, -0.15) is 0 Å². The van der Waals surface area contributed by atoms with Crippen molar-refractivity contribution in [3.63, 3.8) is 0 Å². The SMILES string of the molecule is Cc1cc(C)c(-n2ccnc2Br)c(C)c1. The van der Waals surface area contributed by atoms with E-state index in [2.05, 4.69) is 58.4 Å². The van der Waals surface area contributed by atoms with Crippen LogP contribution in [0, 0.1) is 20.8 Å². The average Bonchev–Trinajstić information content (AvgIpc) is 2.50. The van der Waals surface area contributed by atoms with E-state index in [1.807, 2.05) is 6.20 Å². The van der Waals surface area contributed by atoms with Crippen LogP contribution >= 0.6 is 15.9 Å². The molecule has 0 aliphatic heterocycles. The first-order valence-corrected chi connectivity index (χ1v) is 5.66. The third-order valence-corrected chi connectivity index (χ3v) is 3.06. The van der Waals surface area contributed by atoms with Crippen LogP contribution in [0.5, 0.6) is 0 Å². The second-order valence-electron chi connectivity index (χ2n) is 3.81. The van der Waals surface area contributed by atoms with Crippen LogP contribution in [-0.2, 0) is 0 Å². The van der Waals surface area contributed by atoms with Crippen molar-refractivity contribution in [2.75, 3.05) is 0 Å². The molecule has 0 aliphatic rings. The fraction of sp³-hybridized carbons (Fsp3) is 0.250. The van der Waals surface area contributed by atoms with Crippen LogP contribution in [0.2, 0.25) is 0 Å². The molecule has 3 heteroatoms. The number of aryl methyl sites for hydroxylation is 3. The lowest BCUT2D eigenvalue weighted by atomic mass is 10.1. The molecule has 78 valence electrons. The minimum atomic E-state index is 0.845. The number of halogens is 1. The van der Waals surface area contributed by atoms with Crippen molar-refractivity contribution in [1.29, 1.82) is 0 Å². The van der Waals surface area contributed by atoms with Crippen molar-refractivity contribution in [3.8, 4) is 5.69 Å². The minimum absolute atomic E-state index is 0.845. The van der Waals surface area contributed by atoms with Crippen LogP contribution in [0.25, 0.3) is 5.69 Å². The van der Waals surface area contributed by atoms with E-state index >= 15 is 0 Å². The number of benzene rings is 1. The number of rotatable bonds is 1. The molecule has 1 heterocycles. The maximum atomic E-state index is 4.18. The Kier molecular flexibility index (Phi) is 2.65. The molecule has 0 amide bonds. The van der Waals surface area contributed by atoms with E-state index < -0.39 is 0 Å². The Morgan fingerprint density at radius 1 is 1.13 bits per heavy atom. The Hall–Kier alpha value is -1.09. The summed E-state index contributed by atoms with van der Waals surface area (Å²) in [6.07, 6.45) is 3.76. The summed E-state index contributed by atoms with van der Waals surface area (Å²) in [7, 11) is 0. The lowest BCUT2D eigenvalue weighted by Crippen LogP contribution is -2.00. The number of aromatic nitrogens is 2. The fourth-order valence-electron chi connectivity index (χ4n) is 2.00. The van der Waals surface area contributed by atoms with Gasteiger partial charge in [0, 0.05) is 12.4 Å². The van der Waals surface area contributed by atoms with E-state index in [4.69, 9.17) is 0 Å². The summed E-state index contributed by atoms with van der Waals surface area (Å²) < 4.78 is 2.90. The third kappa shape index (κ3) is 1.84. The van der Waals surface area contributed by atoms with Gasteiger partial charge in [0.1, 0.15) is 0 Å². The van der Waals surface area contributed by atoms with Gasteiger partial charge in [-0.05, 0) is 47.8 Å². The van der Waals surface area contributed by atoms with Gasteiger partial charge in [0.2, 0.25) is 0 Å². The van der Waals surface area contributed by atoms with Gasteiger partial charge in [-0.25, -0.2) is 4.98 Å². The van der Waals surface area contributed by atoms with Crippen molar-refractivity contribution in [2.45, 2.75) is 20.8 Å². The van der Waals surface area contributed by atoms with E-state index in [0.717, 1.165) is 4.73 Å². The minimum Gasteiger partial charge on any atom is -0.294 e. The van der Waals surface area contributed by atoms with E-state index in [9.17, 15) is 0 Å². The molecule has 0 unspecified atom stereocenters. The third-order valence-electron chi connectivity index (χ3n) is 2.47. The van der Waals surface area contributed by atoms with Gasteiger partial charge >= 0.3 is 0 Å². The number of hydrogen-bond acceptors (Lipinski definition) is 1. The molecule has 0 fully saturated rings. The van der Waals surface area contributed by atoms with Gasteiger partial charge in [0.25, 0.3) is 0 Å². The lowest BCUT2D eigenvalue weighted by molar-refractivity contribution is 0.984. The highest BCUT2D eigenvalue weighted by Crippen LogP contribution is 2.23. The van der Waals surface area contributed by atoms with Gasteiger partial charge in [-0.3, -0.25) is 4.57 Å². The van der Waals surface area contributed by atoms with E-state index in [1.54, 1.807) is 6.20 Å². The normalized spacial score (nSPS) is 10.7. The molecule has 2 rings (SSSR count). The first kappa shape index (κ1) is 10.4. The molecule has 0 N–H and O–H groups in total. The Morgan fingerprint density at radius 2 is 1.73 bits per heavy atom. The highest BCUT2D eigenvalue weighted by atomic mass is 79.9. The highest BCUT2D eigenvalue weighted by molar-refractivity contribution is 9.10. The van der Waals surface area contributed by atoms with Gasteiger partial charge in [-0.1, -0.05) is 17.7 Å². The van der Waals surface area contributed by atoms with Crippen LogP contribution in [0.1, 0.15) is 16.7 Å². The van der Waals surface area contributed by atoms with Crippen molar-refractivity contribution in [2.24, 2.45) is 0 Å². The standard InChI is InChI=1S/C12H13BrN2/c1-8-6-9(2)11(10(3)7-8)15-5-4-14-12(15)13/h4-7H,1-3H3. The molecule has 0 spiro atoms. The summed E-state index contributed by atoms with van der Waals surface area (Å²) >= 11 is 3.44. The van der Waals surface area contributed by atoms with Crippen molar-refractivity contribution < 1.29 is 0 Å². The topological polar surface area (TPSA) is 17.8 Å². The van der Waals surface area contributed by atoms with E-state index in [1.165, 1.54) is 22.4 Å². The molecule has 1 aromatic carbocycles. The molecule has 0 bridgehead atoms. The summed E-state index contributed by atoms with van der Waals surface area (Å²) in [5.74, 6) is 0. The predicted octanol–water partition coefficient (Wildman–Crippen LogP) is 3.56. The van der Waals surface area contributed by atoms with E-state index in [0.29, 0.717) is 0 Å². The van der Waals surface area contributed by atoms with Crippen LogP contribution in [-0.4, -0.2) is 9.55 Å². The van der Waals surface area contributed by atoms with Crippen LogP contribution in [0.15, 0.2) is 29.3 Å². The Morgan fingerprint density at radius 3 is 2.20 bits per heavy atom. The maximum absolute atomic E-state index is 4.18. The molecule has 0 atom stereocenters. The van der Waals surface area contributed by atoms with Gasteiger partial charge < -0.3 is 0 Å². The van der Waals surface area contributed by atoms with Gasteiger partial charge in [0.15, 0.2) is 4.73 Å². The van der Waals surface area contributed by atoms with Crippen LogP contribution in [0.4, 0.5) is 0 Å². The van der Waals surface area contributed by atoms with Crippen LogP contribution < -0.4 is 0 Å². The van der Waals surface area contributed by atoms with Crippen molar-refractivity contribution >= 4 is 15.9 Å². The number of imidazole rings is 1. The summed E-state index contributed by atoms with van der Waals surface area (Å²) in [5.41, 5.74) is 5.05. The first-order valence-electron chi connectivity index (χ1n) is 4.86. The van der Waals surface area contributed by atoms with E-state index in [-0.39, 0.29) is 0 Å². The zero-order valence-electron chi connectivity index (χ0n) is 9.08. The molecule has 0 saturated heterocycles. The summed E-state index contributed by atoms with van der Waals surface area (Å²) in [5, 5.41) is 0. The first-order chi connectivity index (χ1) is 7.09. The molecule has 0 radical (unpaired) electrons. The quantitative estimate of drug-likeness (QED) is 0.770. The molecule has 1 aromatic heterocycles.